The molecule has 0 spiro atoms. The molecule has 2 aromatic heterocycles. The zero-order valence-electron chi connectivity index (χ0n) is 16.5. The molecular formula is C20H22N2O4S2. The second-order valence-electron chi connectivity index (χ2n) is 6.19. The molecular weight excluding hydrogens is 396 g/mol. The number of Topliss-reactive ketones (excluding diaryl/α,β-unsaturated/α-hetero) is 1. The SMILES string of the molecule is CCn1c(SCC(=O)c2ccc(OC)c(OC)c2)nc2sc(C)c(C)c2c1=O. The largest absolute Gasteiger partial charge is 0.493 e. The molecule has 1 aromatic carbocycles. The molecule has 0 unspecified atom stereocenters. The lowest BCUT2D eigenvalue weighted by atomic mass is 10.1. The van der Waals surface area contributed by atoms with Crippen LogP contribution in [0.2, 0.25) is 0 Å². The molecule has 8 heteroatoms. The van der Waals surface area contributed by atoms with E-state index in [1.165, 1.54) is 30.2 Å². The Bertz CT molecular complexity index is 1100. The molecule has 3 aromatic rings. The summed E-state index contributed by atoms with van der Waals surface area (Å²) in [7, 11) is 3.08. The maximum atomic E-state index is 12.9. The van der Waals surface area contributed by atoms with Crippen molar-refractivity contribution in [3.05, 3.63) is 44.6 Å². The quantitative estimate of drug-likeness (QED) is 0.327. The first kappa shape index (κ1) is 20.4. The molecule has 0 saturated carbocycles. The Labute approximate surface area is 171 Å². The van der Waals surface area contributed by atoms with Crippen molar-refractivity contribution in [2.45, 2.75) is 32.5 Å². The van der Waals surface area contributed by atoms with Gasteiger partial charge in [-0.15, -0.1) is 11.3 Å². The summed E-state index contributed by atoms with van der Waals surface area (Å²) in [6, 6.07) is 5.08. The second-order valence-corrected chi connectivity index (χ2v) is 8.33. The lowest BCUT2D eigenvalue weighted by Crippen LogP contribution is -2.22. The molecule has 0 fully saturated rings. The van der Waals surface area contributed by atoms with E-state index in [9.17, 15) is 9.59 Å². The van der Waals surface area contributed by atoms with Crippen LogP contribution in [0.15, 0.2) is 28.2 Å². The fraction of sp³-hybridized carbons (Fsp3) is 0.350. The van der Waals surface area contributed by atoms with E-state index in [2.05, 4.69) is 4.98 Å². The minimum absolute atomic E-state index is 0.0459. The summed E-state index contributed by atoms with van der Waals surface area (Å²) >= 11 is 2.79. The molecule has 0 saturated heterocycles. The van der Waals surface area contributed by atoms with Crippen molar-refractivity contribution in [3.63, 3.8) is 0 Å². The molecule has 0 radical (unpaired) electrons. The lowest BCUT2D eigenvalue weighted by molar-refractivity contribution is 0.102. The van der Waals surface area contributed by atoms with E-state index in [4.69, 9.17) is 9.47 Å². The van der Waals surface area contributed by atoms with Gasteiger partial charge >= 0.3 is 0 Å². The predicted molar refractivity (Wildman–Crippen MR) is 114 cm³/mol. The van der Waals surface area contributed by atoms with Crippen molar-refractivity contribution in [3.8, 4) is 11.5 Å². The number of aromatic nitrogens is 2. The van der Waals surface area contributed by atoms with Crippen molar-refractivity contribution < 1.29 is 14.3 Å². The maximum absolute atomic E-state index is 12.9. The number of carbonyl (C=O) groups excluding carboxylic acids is 1. The van der Waals surface area contributed by atoms with Gasteiger partial charge in [0, 0.05) is 17.0 Å². The summed E-state index contributed by atoms with van der Waals surface area (Å²) in [6.45, 7) is 6.35. The van der Waals surface area contributed by atoms with Crippen LogP contribution in [-0.4, -0.2) is 35.3 Å². The molecule has 0 N–H and O–H groups in total. The first-order chi connectivity index (χ1) is 13.4. The number of hydrogen-bond acceptors (Lipinski definition) is 7. The van der Waals surface area contributed by atoms with Crippen LogP contribution in [0, 0.1) is 13.8 Å². The first-order valence-electron chi connectivity index (χ1n) is 8.79. The highest BCUT2D eigenvalue weighted by atomic mass is 32.2. The van der Waals surface area contributed by atoms with E-state index in [1.54, 1.807) is 29.9 Å². The zero-order chi connectivity index (χ0) is 20.4. The molecule has 0 aliphatic carbocycles. The van der Waals surface area contributed by atoms with E-state index >= 15 is 0 Å². The smallest absolute Gasteiger partial charge is 0.263 e. The number of thioether (sulfide) groups is 1. The standard InChI is InChI=1S/C20H22N2O4S2/c1-6-22-19(24)17-11(2)12(3)28-18(17)21-20(22)27-10-14(23)13-7-8-15(25-4)16(9-13)26-5/h7-9H,6,10H2,1-5H3. The van der Waals surface area contributed by atoms with Gasteiger partial charge in [0.1, 0.15) is 4.83 Å². The van der Waals surface area contributed by atoms with Gasteiger partial charge in [0.2, 0.25) is 0 Å². The third-order valence-corrected chi connectivity index (χ3v) is 6.69. The summed E-state index contributed by atoms with van der Waals surface area (Å²) in [6.07, 6.45) is 0. The Balaban J connectivity index is 1.89. The van der Waals surface area contributed by atoms with E-state index in [1.807, 2.05) is 20.8 Å². The van der Waals surface area contributed by atoms with Crippen LogP contribution in [0.25, 0.3) is 10.2 Å². The summed E-state index contributed by atoms with van der Waals surface area (Å²) in [5, 5.41) is 1.25. The molecule has 6 nitrogen and oxygen atoms in total. The Kier molecular flexibility index (Phi) is 6.10. The van der Waals surface area contributed by atoms with E-state index < -0.39 is 0 Å². The van der Waals surface area contributed by atoms with Gasteiger partial charge in [-0.1, -0.05) is 11.8 Å². The number of benzene rings is 1. The summed E-state index contributed by atoms with van der Waals surface area (Å²) in [4.78, 5) is 32.0. The molecule has 0 amide bonds. The Morgan fingerprint density at radius 3 is 2.57 bits per heavy atom. The van der Waals surface area contributed by atoms with Gasteiger partial charge in [-0.25, -0.2) is 4.98 Å². The highest BCUT2D eigenvalue weighted by molar-refractivity contribution is 7.99. The van der Waals surface area contributed by atoms with Crippen LogP contribution >= 0.6 is 23.1 Å². The number of ether oxygens (including phenoxy) is 2. The number of thiophene rings is 1. The third kappa shape index (κ3) is 3.66. The molecule has 0 aliphatic rings. The van der Waals surface area contributed by atoms with Crippen LogP contribution in [-0.2, 0) is 6.54 Å². The number of fused-ring (bicyclic) bond motifs is 1. The summed E-state index contributed by atoms with van der Waals surface area (Å²) in [5.41, 5.74) is 1.47. The van der Waals surface area contributed by atoms with Crippen molar-refractivity contribution in [2.24, 2.45) is 0 Å². The third-order valence-electron chi connectivity index (χ3n) is 4.61. The van der Waals surface area contributed by atoms with Crippen LogP contribution < -0.4 is 15.0 Å². The number of ketones is 1. The van der Waals surface area contributed by atoms with Gasteiger partial charge in [-0.3, -0.25) is 14.2 Å². The van der Waals surface area contributed by atoms with Crippen LogP contribution in [0.3, 0.4) is 0 Å². The fourth-order valence-corrected chi connectivity index (χ4v) is 4.95. The average molecular weight is 419 g/mol. The summed E-state index contributed by atoms with van der Waals surface area (Å²) < 4.78 is 12.1. The van der Waals surface area contributed by atoms with Crippen LogP contribution in [0.5, 0.6) is 11.5 Å². The predicted octanol–water partition coefficient (Wildman–Crippen LogP) is 4.09. The number of carbonyl (C=O) groups is 1. The number of aryl methyl sites for hydroxylation is 2. The van der Waals surface area contributed by atoms with E-state index in [0.29, 0.717) is 34.1 Å². The van der Waals surface area contributed by atoms with Gasteiger partial charge in [0.25, 0.3) is 5.56 Å². The Hall–Kier alpha value is -2.32. The molecule has 3 rings (SSSR count). The Morgan fingerprint density at radius 1 is 1.21 bits per heavy atom. The number of rotatable bonds is 7. The normalized spacial score (nSPS) is 11.0. The molecule has 28 heavy (non-hydrogen) atoms. The number of hydrogen-bond donors (Lipinski definition) is 0. The highest BCUT2D eigenvalue weighted by Crippen LogP contribution is 2.30. The van der Waals surface area contributed by atoms with Gasteiger partial charge in [0.05, 0.1) is 25.4 Å². The van der Waals surface area contributed by atoms with Gasteiger partial charge in [-0.2, -0.15) is 0 Å². The fourth-order valence-electron chi connectivity index (χ4n) is 2.92. The molecule has 0 aliphatic heterocycles. The second kappa shape index (κ2) is 8.36. The monoisotopic (exact) mass is 418 g/mol. The Morgan fingerprint density at radius 2 is 1.93 bits per heavy atom. The van der Waals surface area contributed by atoms with Gasteiger partial charge in [0.15, 0.2) is 22.4 Å². The minimum Gasteiger partial charge on any atom is -0.493 e. The van der Waals surface area contributed by atoms with Crippen molar-refractivity contribution in [1.82, 2.24) is 9.55 Å². The molecule has 0 bridgehead atoms. The highest BCUT2D eigenvalue weighted by Gasteiger charge is 2.18. The number of nitrogens with zero attached hydrogens (tertiary/aromatic N) is 2. The van der Waals surface area contributed by atoms with Gasteiger partial charge in [-0.05, 0) is 44.5 Å². The van der Waals surface area contributed by atoms with Crippen molar-refractivity contribution >= 4 is 39.1 Å². The molecule has 2 heterocycles. The number of methoxy groups -OCH3 is 2. The maximum Gasteiger partial charge on any atom is 0.263 e. The zero-order valence-corrected chi connectivity index (χ0v) is 18.1. The van der Waals surface area contributed by atoms with Gasteiger partial charge < -0.3 is 9.47 Å². The topological polar surface area (TPSA) is 70.4 Å². The first-order valence-corrected chi connectivity index (χ1v) is 10.6. The molecule has 148 valence electrons. The van der Waals surface area contributed by atoms with E-state index in [0.717, 1.165) is 15.3 Å². The summed E-state index contributed by atoms with van der Waals surface area (Å²) in [5.74, 6) is 1.19. The van der Waals surface area contributed by atoms with Crippen LogP contribution in [0.4, 0.5) is 0 Å². The van der Waals surface area contributed by atoms with Crippen LogP contribution in [0.1, 0.15) is 27.7 Å². The average Bonchev–Trinajstić information content (AvgIpc) is 2.99. The minimum atomic E-state index is -0.0681. The van der Waals surface area contributed by atoms with Crippen molar-refractivity contribution in [2.75, 3.05) is 20.0 Å². The lowest BCUT2D eigenvalue weighted by Gasteiger charge is -2.11. The van der Waals surface area contributed by atoms with E-state index in [-0.39, 0.29) is 17.1 Å². The molecule has 0 atom stereocenters. The van der Waals surface area contributed by atoms with Crippen molar-refractivity contribution in [1.29, 1.82) is 0 Å².